The number of amides is 2. The summed E-state index contributed by atoms with van der Waals surface area (Å²) in [4.78, 5) is 26.6. The van der Waals surface area contributed by atoms with Crippen LogP contribution in [0.1, 0.15) is 30.4 Å². The molecule has 2 amide bonds. The summed E-state index contributed by atoms with van der Waals surface area (Å²) < 4.78 is 10.7. The van der Waals surface area contributed by atoms with Gasteiger partial charge < -0.3 is 9.47 Å². The topological polar surface area (TPSA) is 55.8 Å². The first-order chi connectivity index (χ1) is 12.6. The van der Waals surface area contributed by atoms with Crippen LogP contribution in [0.15, 0.2) is 48.5 Å². The van der Waals surface area contributed by atoms with Gasteiger partial charge in [0.05, 0.1) is 5.92 Å². The minimum atomic E-state index is -0.276. The van der Waals surface area contributed by atoms with Crippen LogP contribution in [0, 0.1) is 5.92 Å². The molecular formula is C21H21NO4. The molecule has 0 aliphatic carbocycles. The quantitative estimate of drug-likeness (QED) is 0.777. The maximum absolute atomic E-state index is 12.8. The lowest BCUT2D eigenvalue weighted by Crippen LogP contribution is -2.33. The smallest absolute Gasteiger partial charge is 0.233 e. The minimum Gasteiger partial charge on any atom is -0.454 e. The maximum Gasteiger partial charge on any atom is 0.233 e. The highest BCUT2D eigenvalue weighted by atomic mass is 16.7. The van der Waals surface area contributed by atoms with Gasteiger partial charge in [-0.25, -0.2) is 0 Å². The van der Waals surface area contributed by atoms with Crippen molar-refractivity contribution in [2.75, 3.05) is 13.3 Å². The van der Waals surface area contributed by atoms with Gasteiger partial charge in [-0.15, -0.1) is 0 Å². The zero-order chi connectivity index (χ0) is 18.1. The zero-order valence-corrected chi connectivity index (χ0v) is 14.7. The van der Waals surface area contributed by atoms with E-state index in [2.05, 4.69) is 0 Å². The van der Waals surface area contributed by atoms with E-state index in [0.29, 0.717) is 13.0 Å². The summed E-state index contributed by atoms with van der Waals surface area (Å²) in [5.41, 5.74) is 2.12. The Labute approximate surface area is 152 Å². The Balaban J connectivity index is 1.43. The molecule has 4 rings (SSSR count). The van der Waals surface area contributed by atoms with E-state index < -0.39 is 0 Å². The fourth-order valence-corrected chi connectivity index (χ4v) is 3.66. The molecule has 26 heavy (non-hydrogen) atoms. The fourth-order valence-electron chi connectivity index (χ4n) is 3.66. The average molecular weight is 351 g/mol. The first-order valence-corrected chi connectivity index (χ1v) is 8.91. The summed E-state index contributed by atoms with van der Waals surface area (Å²) in [6.45, 7) is 2.66. The summed E-state index contributed by atoms with van der Waals surface area (Å²) in [6, 6.07) is 15.6. The number of rotatable bonds is 5. The minimum absolute atomic E-state index is 0.0307. The van der Waals surface area contributed by atoms with E-state index in [4.69, 9.17) is 9.47 Å². The molecule has 0 spiro atoms. The number of hydrogen-bond donors (Lipinski definition) is 0. The van der Waals surface area contributed by atoms with E-state index in [1.807, 2.05) is 55.5 Å². The SMILES string of the molecule is CC(c1ccccc1)C1CC(=O)N(CCc2ccc3c(c2)OCO3)C1=O. The second-order valence-electron chi connectivity index (χ2n) is 6.83. The van der Waals surface area contributed by atoms with Crippen LogP contribution in [-0.4, -0.2) is 30.1 Å². The molecule has 0 N–H and O–H groups in total. The largest absolute Gasteiger partial charge is 0.454 e. The van der Waals surface area contributed by atoms with Crippen LogP contribution in [-0.2, 0) is 16.0 Å². The first kappa shape index (κ1) is 16.6. The van der Waals surface area contributed by atoms with Crippen LogP contribution in [0.5, 0.6) is 11.5 Å². The van der Waals surface area contributed by atoms with Crippen molar-refractivity contribution in [1.29, 1.82) is 0 Å². The average Bonchev–Trinajstić information content (AvgIpc) is 3.24. The van der Waals surface area contributed by atoms with E-state index in [1.165, 1.54) is 4.90 Å². The van der Waals surface area contributed by atoms with Gasteiger partial charge in [-0.3, -0.25) is 14.5 Å². The van der Waals surface area contributed by atoms with E-state index >= 15 is 0 Å². The van der Waals surface area contributed by atoms with Crippen molar-refractivity contribution < 1.29 is 19.1 Å². The second-order valence-corrected chi connectivity index (χ2v) is 6.83. The van der Waals surface area contributed by atoms with Crippen LogP contribution >= 0.6 is 0 Å². The first-order valence-electron chi connectivity index (χ1n) is 8.91. The van der Waals surface area contributed by atoms with E-state index in [9.17, 15) is 9.59 Å². The monoisotopic (exact) mass is 351 g/mol. The predicted octanol–water partition coefficient (Wildman–Crippen LogP) is 3.14. The molecule has 5 heteroatoms. The molecule has 2 aliphatic rings. The highest BCUT2D eigenvalue weighted by Crippen LogP contribution is 2.35. The zero-order valence-electron chi connectivity index (χ0n) is 14.7. The molecule has 2 aromatic carbocycles. The van der Waals surface area contributed by atoms with Gasteiger partial charge in [0.2, 0.25) is 18.6 Å². The van der Waals surface area contributed by atoms with Crippen molar-refractivity contribution >= 4 is 11.8 Å². The van der Waals surface area contributed by atoms with E-state index in [-0.39, 0.29) is 36.9 Å². The molecule has 2 aromatic rings. The van der Waals surface area contributed by atoms with Crippen molar-refractivity contribution in [3.05, 3.63) is 59.7 Å². The van der Waals surface area contributed by atoms with Gasteiger partial charge in [-0.2, -0.15) is 0 Å². The summed E-state index contributed by atoms with van der Waals surface area (Å²) in [6.07, 6.45) is 0.899. The third kappa shape index (κ3) is 3.05. The van der Waals surface area contributed by atoms with Crippen LogP contribution < -0.4 is 9.47 Å². The lowest BCUT2D eigenvalue weighted by atomic mass is 9.86. The fraction of sp³-hybridized carbons (Fsp3) is 0.333. The van der Waals surface area contributed by atoms with Crippen LogP contribution in [0.3, 0.4) is 0 Å². The molecule has 0 aromatic heterocycles. The Bertz CT molecular complexity index is 833. The molecule has 0 saturated carbocycles. The maximum atomic E-state index is 12.8. The highest BCUT2D eigenvalue weighted by Gasteiger charge is 2.41. The number of nitrogens with zero attached hydrogens (tertiary/aromatic N) is 1. The summed E-state index contributed by atoms with van der Waals surface area (Å²) >= 11 is 0. The van der Waals surface area contributed by atoms with Gasteiger partial charge in [0, 0.05) is 13.0 Å². The Morgan fingerprint density at radius 2 is 1.85 bits per heavy atom. The normalized spacial score (nSPS) is 19.9. The molecule has 2 heterocycles. The number of hydrogen-bond acceptors (Lipinski definition) is 4. The molecule has 5 nitrogen and oxygen atoms in total. The molecule has 1 fully saturated rings. The van der Waals surface area contributed by atoms with Gasteiger partial charge >= 0.3 is 0 Å². The number of benzene rings is 2. The molecule has 1 saturated heterocycles. The molecule has 0 bridgehead atoms. The number of fused-ring (bicyclic) bond motifs is 1. The van der Waals surface area contributed by atoms with Crippen LogP contribution in [0.4, 0.5) is 0 Å². The number of likely N-dealkylation sites (tertiary alicyclic amines) is 1. The predicted molar refractivity (Wildman–Crippen MR) is 96.0 cm³/mol. The van der Waals surface area contributed by atoms with Gasteiger partial charge in [-0.1, -0.05) is 43.3 Å². The molecule has 0 radical (unpaired) electrons. The highest BCUT2D eigenvalue weighted by molar-refractivity contribution is 6.04. The van der Waals surface area contributed by atoms with Crippen molar-refractivity contribution in [2.45, 2.75) is 25.7 Å². The third-order valence-electron chi connectivity index (χ3n) is 5.27. The Morgan fingerprint density at radius 1 is 1.08 bits per heavy atom. The molecule has 2 aliphatic heterocycles. The van der Waals surface area contributed by atoms with Crippen LogP contribution in [0.2, 0.25) is 0 Å². The van der Waals surface area contributed by atoms with Gasteiger partial charge in [0.25, 0.3) is 0 Å². The molecule has 2 atom stereocenters. The molecule has 2 unspecified atom stereocenters. The lowest BCUT2D eigenvalue weighted by Gasteiger charge is -2.19. The Hall–Kier alpha value is -2.82. The molecular weight excluding hydrogens is 330 g/mol. The van der Waals surface area contributed by atoms with E-state index in [0.717, 1.165) is 22.6 Å². The van der Waals surface area contributed by atoms with Crippen LogP contribution in [0.25, 0.3) is 0 Å². The summed E-state index contributed by atoms with van der Waals surface area (Å²) in [5.74, 6) is 1.07. The van der Waals surface area contributed by atoms with Crippen molar-refractivity contribution in [3.8, 4) is 11.5 Å². The number of imide groups is 1. The second kappa shape index (κ2) is 6.83. The summed E-state index contributed by atoms with van der Waals surface area (Å²) in [5, 5.41) is 0. The number of carbonyl (C=O) groups is 2. The summed E-state index contributed by atoms with van der Waals surface area (Å²) in [7, 11) is 0. The third-order valence-corrected chi connectivity index (χ3v) is 5.27. The molecule has 134 valence electrons. The van der Waals surface area contributed by atoms with E-state index in [1.54, 1.807) is 0 Å². The number of carbonyl (C=O) groups excluding carboxylic acids is 2. The standard InChI is InChI=1S/C21H21NO4/c1-14(16-5-3-2-4-6-16)17-12-20(23)22(21(17)24)10-9-15-7-8-18-19(11-15)26-13-25-18/h2-8,11,14,17H,9-10,12-13H2,1H3. The number of ether oxygens (including phenoxy) is 2. The van der Waals surface area contributed by atoms with Gasteiger partial charge in [0.15, 0.2) is 11.5 Å². The lowest BCUT2D eigenvalue weighted by molar-refractivity contribution is -0.139. The van der Waals surface area contributed by atoms with Gasteiger partial charge in [-0.05, 0) is 35.6 Å². The Morgan fingerprint density at radius 3 is 2.65 bits per heavy atom. The van der Waals surface area contributed by atoms with Crippen molar-refractivity contribution in [2.24, 2.45) is 5.92 Å². The van der Waals surface area contributed by atoms with Crippen molar-refractivity contribution in [3.63, 3.8) is 0 Å². The Kier molecular flexibility index (Phi) is 4.37. The van der Waals surface area contributed by atoms with Gasteiger partial charge in [0.1, 0.15) is 0 Å². The van der Waals surface area contributed by atoms with Crippen molar-refractivity contribution in [1.82, 2.24) is 4.90 Å².